The predicted molar refractivity (Wildman–Crippen MR) is 65.3 cm³/mol. The lowest BCUT2D eigenvalue weighted by molar-refractivity contribution is 0.461. The van der Waals surface area contributed by atoms with E-state index in [0.29, 0.717) is 0 Å². The Balaban J connectivity index is 2.09. The minimum Gasteiger partial charge on any atom is -0.316 e. The zero-order valence-corrected chi connectivity index (χ0v) is 9.63. The van der Waals surface area contributed by atoms with Crippen LogP contribution < -0.4 is 5.32 Å². The molecule has 0 bridgehead atoms. The zero-order valence-electron chi connectivity index (χ0n) is 9.63. The Labute approximate surface area is 92.9 Å². The molecular formula is C14H21N. The molecule has 2 rings (SSSR count). The maximum Gasteiger partial charge on any atom is 0.00201 e. The quantitative estimate of drug-likeness (QED) is 0.796. The van der Waals surface area contributed by atoms with E-state index in [0.717, 1.165) is 12.5 Å². The van der Waals surface area contributed by atoms with Crippen molar-refractivity contribution in [3.8, 4) is 0 Å². The molecule has 1 aromatic carbocycles. The number of benzene rings is 1. The summed E-state index contributed by atoms with van der Waals surface area (Å²) in [6.07, 6.45) is 5.13. The van der Waals surface area contributed by atoms with Crippen LogP contribution in [0.4, 0.5) is 0 Å². The molecule has 1 heteroatoms. The summed E-state index contributed by atoms with van der Waals surface area (Å²) < 4.78 is 0. The molecule has 15 heavy (non-hydrogen) atoms. The fraction of sp³-hybridized carbons (Fsp3) is 0.571. The SMILES string of the molecule is CCCc1cccc(C2CCCNC2)c1. The molecule has 0 saturated carbocycles. The maximum atomic E-state index is 3.48. The Morgan fingerprint density at radius 1 is 1.40 bits per heavy atom. The number of nitrogens with one attached hydrogen (secondary N) is 1. The molecule has 0 amide bonds. The molecule has 0 radical (unpaired) electrons. The third kappa shape index (κ3) is 2.82. The van der Waals surface area contributed by atoms with Crippen molar-refractivity contribution in [3.05, 3.63) is 35.4 Å². The normalized spacial score (nSPS) is 21.5. The first-order valence-electron chi connectivity index (χ1n) is 6.19. The Kier molecular flexibility index (Phi) is 3.79. The van der Waals surface area contributed by atoms with Gasteiger partial charge in [-0.3, -0.25) is 0 Å². The molecule has 0 spiro atoms. The molecule has 0 aromatic heterocycles. The van der Waals surface area contributed by atoms with Crippen LogP contribution in [0.1, 0.15) is 43.2 Å². The van der Waals surface area contributed by atoms with E-state index in [2.05, 4.69) is 36.5 Å². The molecular weight excluding hydrogens is 182 g/mol. The summed E-state index contributed by atoms with van der Waals surface area (Å²) in [7, 11) is 0. The highest BCUT2D eigenvalue weighted by Crippen LogP contribution is 2.24. The van der Waals surface area contributed by atoms with Crippen LogP contribution in [0.3, 0.4) is 0 Å². The predicted octanol–water partition coefficient (Wildman–Crippen LogP) is 3.11. The van der Waals surface area contributed by atoms with Crippen molar-refractivity contribution in [2.24, 2.45) is 0 Å². The molecule has 82 valence electrons. The van der Waals surface area contributed by atoms with Gasteiger partial charge >= 0.3 is 0 Å². The van der Waals surface area contributed by atoms with Crippen LogP contribution in [-0.4, -0.2) is 13.1 Å². The minimum atomic E-state index is 0.746. The van der Waals surface area contributed by atoms with Gasteiger partial charge in [-0.15, -0.1) is 0 Å². The Hall–Kier alpha value is -0.820. The van der Waals surface area contributed by atoms with Gasteiger partial charge in [0.05, 0.1) is 0 Å². The highest BCUT2D eigenvalue weighted by atomic mass is 14.9. The van der Waals surface area contributed by atoms with E-state index in [-0.39, 0.29) is 0 Å². The summed E-state index contributed by atoms with van der Waals surface area (Å²) in [4.78, 5) is 0. The Morgan fingerprint density at radius 2 is 2.33 bits per heavy atom. The summed E-state index contributed by atoms with van der Waals surface area (Å²) in [5, 5.41) is 3.48. The van der Waals surface area contributed by atoms with Crippen molar-refractivity contribution < 1.29 is 0 Å². The summed E-state index contributed by atoms with van der Waals surface area (Å²) in [5.74, 6) is 0.746. The number of aryl methyl sites for hydroxylation is 1. The molecule has 1 heterocycles. The second-order valence-corrected chi connectivity index (χ2v) is 4.54. The molecule has 0 aliphatic carbocycles. The van der Waals surface area contributed by atoms with Gasteiger partial charge in [-0.05, 0) is 42.9 Å². The number of piperidine rings is 1. The van der Waals surface area contributed by atoms with Crippen molar-refractivity contribution >= 4 is 0 Å². The molecule has 1 aliphatic rings. The molecule has 1 saturated heterocycles. The Morgan fingerprint density at radius 3 is 3.07 bits per heavy atom. The first-order valence-corrected chi connectivity index (χ1v) is 6.19. The van der Waals surface area contributed by atoms with Crippen LogP contribution in [0, 0.1) is 0 Å². The first kappa shape index (κ1) is 10.7. The van der Waals surface area contributed by atoms with E-state index < -0.39 is 0 Å². The third-order valence-corrected chi connectivity index (χ3v) is 3.26. The molecule has 1 nitrogen and oxygen atoms in total. The summed E-state index contributed by atoms with van der Waals surface area (Å²) in [5.41, 5.74) is 3.04. The van der Waals surface area contributed by atoms with Crippen LogP contribution in [-0.2, 0) is 6.42 Å². The standard InChI is InChI=1S/C14H21N/c1-2-5-12-6-3-7-13(10-12)14-8-4-9-15-11-14/h3,6-7,10,14-15H,2,4-5,8-9,11H2,1H3. The molecule has 1 N–H and O–H groups in total. The van der Waals surface area contributed by atoms with Gasteiger partial charge < -0.3 is 5.32 Å². The van der Waals surface area contributed by atoms with E-state index >= 15 is 0 Å². The van der Waals surface area contributed by atoms with Gasteiger partial charge in [-0.2, -0.15) is 0 Å². The van der Waals surface area contributed by atoms with Crippen molar-refractivity contribution in [3.63, 3.8) is 0 Å². The average molecular weight is 203 g/mol. The topological polar surface area (TPSA) is 12.0 Å². The van der Waals surface area contributed by atoms with Crippen LogP contribution in [0.5, 0.6) is 0 Å². The van der Waals surface area contributed by atoms with Crippen molar-refractivity contribution in [1.29, 1.82) is 0 Å². The van der Waals surface area contributed by atoms with Crippen LogP contribution in [0.2, 0.25) is 0 Å². The van der Waals surface area contributed by atoms with E-state index in [1.165, 1.54) is 43.4 Å². The lowest BCUT2D eigenvalue weighted by Crippen LogP contribution is -2.28. The fourth-order valence-corrected chi connectivity index (χ4v) is 2.43. The number of rotatable bonds is 3. The summed E-state index contributed by atoms with van der Waals surface area (Å²) in [6.45, 7) is 4.61. The first-order chi connectivity index (χ1) is 7.40. The van der Waals surface area contributed by atoms with Crippen molar-refractivity contribution in [2.75, 3.05) is 13.1 Å². The van der Waals surface area contributed by atoms with E-state index in [1.54, 1.807) is 0 Å². The smallest absolute Gasteiger partial charge is 0.00201 e. The molecule has 1 aromatic rings. The average Bonchev–Trinajstić information content (AvgIpc) is 2.31. The van der Waals surface area contributed by atoms with E-state index in [9.17, 15) is 0 Å². The van der Waals surface area contributed by atoms with Gasteiger partial charge in [0.1, 0.15) is 0 Å². The largest absolute Gasteiger partial charge is 0.316 e. The minimum absolute atomic E-state index is 0.746. The molecule has 1 fully saturated rings. The molecule has 1 atom stereocenters. The lowest BCUT2D eigenvalue weighted by atomic mass is 9.90. The lowest BCUT2D eigenvalue weighted by Gasteiger charge is -2.23. The number of hydrogen-bond acceptors (Lipinski definition) is 1. The van der Waals surface area contributed by atoms with Crippen LogP contribution in [0.15, 0.2) is 24.3 Å². The van der Waals surface area contributed by atoms with Crippen LogP contribution in [0.25, 0.3) is 0 Å². The van der Waals surface area contributed by atoms with E-state index in [4.69, 9.17) is 0 Å². The second kappa shape index (κ2) is 5.32. The van der Waals surface area contributed by atoms with E-state index in [1.807, 2.05) is 0 Å². The molecule has 1 unspecified atom stereocenters. The number of hydrogen-bond donors (Lipinski definition) is 1. The summed E-state index contributed by atoms with van der Waals surface area (Å²) in [6, 6.07) is 9.16. The van der Waals surface area contributed by atoms with Gasteiger partial charge in [-0.25, -0.2) is 0 Å². The third-order valence-electron chi connectivity index (χ3n) is 3.26. The zero-order chi connectivity index (χ0) is 10.5. The van der Waals surface area contributed by atoms with Gasteiger partial charge in [0.15, 0.2) is 0 Å². The highest BCUT2D eigenvalue weighted by Gasteiger charge is 2.14. The summed E-state index contributed by atoms with van der Waals surface area (Å²) >= 11 is 0. The van der Waals surface area contributed by atoms with Gasteiger partial charge in [0, 0.05) is 6.54 Å². The fourth-order valence-electron chi connectivity index (χ4n) is 2.43. The van der Waals surface area contributed by atoms with Crippen molar-refractivity contribution in [2.45, 2.75) is 38.5 Å². The molecule has 1 aliphatic heterocycles. The maximum absolute atomic E-state index is 3.48. The monoisotopic (exact) mass is 203 g/mol. The van der Waals surface area contributed by atoms with Crippen molar-refractivity contribution in [1.82, 2.24) is 5.32 Å². The van der Waals surface area contributed by atoms with Crippen LogP contribution >= 0.6 is 0 Å². The van der Waals surface area contributed by atoms with Gasteiger partial charge in [-0.1, -0.05) is 37.6 Å². The second-order valence-electron chi connectivity index (χ2n) is 4.54. The Bertz CT molecular complexity index is 300. The highest BCUT2D eigenvalue weighted by molar-refractivity contribution is 5.27. The van der Waals surface area contributed by atoms with Gasteiger partial charge in [0.2, 0.25) is 0 Å². The van der Waals surface area contributed by atoms with Gasteiger partial charge in [0.25, 0.3) is 0 Å².